The first-order valence-electron chi connectivity index (χ1n) is 11.3. The monoisotopic (exact) mass is 480 g/mol. The maximum Gasteiger partial charge on any atom is 0.325 e. The second kappa shape index (κ2) is 9.75. The van der Waals surface area contributed by atoms with Gasteiger partial charge in [-0.25, -0.2) is 4.68 Å². The number of hydrogen-bond acceptors (Lipinski definition) is 7. The Balaban J connectivity index is 1.65. The van der Waals surface area contributed by atoms with Crippen LogP contribution in [0, 0.1) is 0 Å². The first-order chi connectivity index (χ1) is 16.6. The summed E-state index contributed by atoms with van der Waals surface area (Å²) in [5.41, 5.74) is 0.616. The summed E-state index contributed by atoms with van der Waals surface area (Å²) in [5.74, 6) is -1.95. The van der Waals surface area contributed by atoms with Crippen molar-refractivity contribution in [1.29, 1.82) is 0 Å². The number of nitrogens with one attached hydrogen (secondary N) is 1. The largest absolute Gasteiger partial charge is 0.506 e. The summed E-state index contributed by atoms with van der Waals surface area (Å²) >= 11 is 0. The molecule has 0 aliphatic carbocycles. The molecule has 1 aromatic carbocycles. The second-order valence-electron chi connectivity index (χ2n) is 9.20. The average molecular weight is 481 g/mol. The summed E-state index contributed by atoms with van der Waals surface area (Å²) in [6, 6.07) is 11.3. The number of aromatic nitrogens is 3. The van der Waals surface area contributed by atoms with E-state index < -0.39 is 40.9 Å². The molecule has 10 nitrogen and oxygen atoms in total. The molecule has 184 valence electrons. The van der Waals surface area contributed by atoms with Gasteiger partial charge in [-0.05, 0) is 39.0 Å². The molecule has 1 aliphatic rings. The summed E-state index contributed by atoms with van der Waals surface area (Å²) < 4.78 is 13.8. The van der Waals surface area contributed by atoms with Crippen molar-refractivity contribution in [2.45, 2.75) is 45.9 Å². The third kappa shape index (κ3) is 5.43. The maximum atomic E-state index is 13.4. The lowest BCUT2D eigenvalue weighted by atomic mass is 10.0. The van der Waals surface area contributed by atoms with Crippen LogP contribution in [0.2, 0.25) is 0 Å². The standard InChI is InChI=1S/C25H28N4O6/c1-25(2,3)35-20(30)13-26-23(32)21-22(31)18-15-34-12-10-19(18)28(24(21)33)14-16-9-11-29(27-16)17-7-5-4-6-8-17/h4-9,11,31H,10,12-15H2,1-3H3,(H,26,32). The summed E-state index contributed by atoms with van der Waals surface area (Å²) in [6.07, 6.45) is 2.19. The quantitative estimate of drug-likeness (QED) is 0.517. The predicted molar refractivity (Wildman–Crippen MR) is 127 cm³/mol. The van der Waals surface area contributed by atoms with Crippen LogP contribution < -0.4 is 10.9 Å². The molecule has 0 bridgehead atoms. The number of carbonyl (C=O) groups is 2. The highest BCUT2D eigenvalue weighted by Crippen LogP contribution is 2.28. The number of fused-ring (bicyclic) bond motifs is 1. The Labute approximate surface area is 202 Å². The number of para-hydroxylation sites is 1. The van der Waals surface area contributed by atoms with Crippen LogP contribution in [-0.4, -0.2) is 50.1 Å². The molecule has 3 aromatic rings. The Morgan fingerprint density at radius 2 is 1.94 bits per heavy atom. The summed E-state index contributed by atoms with van der Waals surface area (Å²) in [4.78, 5) is 38.3. The molecule has 2 N–H and O–H groups in total. The van der Waals surface area contributed by atoms with Crippen LogP contribution in [0.25, 0.3) is 5.69 Å². The first-order valence-corrected chi connectivity index (χ1v) is 11.3. The van der Waals surface area contributed by atoms with Crippen molar-refractivity contribution in [3.8, 4) is 11.4 Å². The molecule has 0 radical (unpaired) electrons. The minimum atomic E-state index is -0.865. The second-order valence-corrected chi connectivity index (χ2v) is 9.20. The molecule has 4 rings (SSSR count). The van der Waals surface area contributed by atoms with Crippen LogP contribution in [0.15, 0.2) is 47.4 Å². The number of aromatic hydroxyl groups is 1. The SMILES string of the molecule is CC(C)(C)OC(=O)CNC(=O)c1c(O)c2c(n(Cc3ccn(-c4ccccc4)n3)c1=O)CCOC2. The van der Waals surface area contributed by atoms with Crippen molar-refractivity contribution >= 4 is 11.9 Å². The van der Waals surface area contributed by atoms with Crippen LogP contribution in [-0.2, 0) is 33.8 Å². The van der Waals surface area contributed by atoms with Crippen molar-refractivity contribution in [2.75, 3.05) is 13.2 Å². The van der Waals surface area contributed by atoms with Crippen LogP contribution in [0.1, 0.15) is 48.1 Å². The maximum absolute atomic E-state index is 13.4. The molecule has 2 aromatic heterocycles. The Morgan fingerprint density at radius 3 is 2.66 bits per heavy atom. The van der Waals surface area contributed by atoms with Gasteiger partial charge in [-0.3, -0.25) is 14.4 Å². The van der Waals surface area contributed by atoms with Gasteiger partial charge >= 0.3 is 5.97 Å². The molecule has 0 unspecified atom stereocenters. The number of hydrogen-bond donors (Lipinski definition) is 2. The summed E-state index contributed by atoms with van der Waals surface area (Å²) in [7, 11) is 0. The molecular formula is C25H28N4O6. The minimum absolute atomic E-state index is 0.0618. The van der Waals surface area contributed by atoms with Gasteiger partial charge in [0.05, 0.1) is 31.1 Å². The normalized spacial score (nSPS) is 13.2. The predicted octanol–water partition coefficient (Wildman–Crippen LogP) is 1.93. The van der Waals surface area contributed by atoms with E-state index in [-0.39, 0.29) is 13.2 Å². The average Bonchev–Trinajstić information content (AvgIpc) is 3.29. The Hall–Kier alpha value is -3.92. The number of benzene rings is 1. The van der Waals surface area contributed by atoms with Crippen molar-refractivity contribution in [3.05, 3.63) is 75.5 Å². The molecule has 0 saturated carbocycles. The van der Waals surface area contributed by atoms with Crippen LogP contribution in [0.3, 0.4) is 0 Å². The lowest BCUT2D eigenvalue weighted by Gasteiger charge is -2.24. The third-order valence-electron chi connectivity index (χ3n) is 5.41. The molecule has 0 atom stereocenters. The molecule has 0 spiro atoms. The van der Waals surface area contributed by atoms with Gasteiger partial charge in [0.15, 0.2) is 0 Å². The van der Waals surface area contributed by atoms with Gasteiger partial charge in [0.25, 0.3) is 11.5 Å². The Kier molecular flexibility index (Phi) is 6.74. The first kappa shape index (κ1) is 24.2. The summed E-state index contributed by atoms with van der Waals surface area (Å²) in [5, 5.41) is 17.7. The van der Waals surface area contributed by atoms with E-state index in [1.54, 1.807) is 37.7 Å². The number of pyridine rings is 1. The van der Waals surface area contributed by atoms with E-state index in [2.05, 4.69) is 10.4 Å². The lowest BCUT2D eigenvalue weighted by molar-refractivity contribution is -0.153. The van der Waals surface area contributed by atoms with Crippen molar-refractivity contribution < 1.29 is 24.2 Å². The molecule has 10 heteroatoms. The minimum Gasteiger partial charge on any atom is -0.506 e. The number of ether oxygens (including phenoxy) is 2. The zero-order valence-electron chi connectivity index (χ0n) is 19.9. The van der Waals surface area contributed by atoms with Gasteiger partial charge in [0.2, 0.25) is 0 Å². The van der Waals surface area contributed by atoms with E-state index in [1.165, 1.54) is 4.57 Å². The van der Waals surface area contributed by atoms with E-state index >= 15 is 0 Å². The molecule has 1 aliphatic heterocycles. The van der Waals surface area contributed by atoms with Crippen LogP contribution in [0.4, 0.5) is 0 Å². The van der Waals surface area contributed by atoms with Crippen LogP contribution in [0.5, 0.6) is 5.75 Å². The smallest absolute Gasteiger partial charge is 0.325 e. The molecule has 1 amide bonds. The molecule has 35 heavy (non-hydrogen) atoms. The van der Waals surface area contributed by atoms with E-state index in [4.69, 9.17) is 9.47 Å². The number of nitrogens with zero attached hydrogens (tertiary/aromatic N) is 3. The van der Waals surface area contributed by atoms with Crippen molar-refractivity contribution in [1.82, 2.24) is 19.7 Å². The molecule has 3 heterocycles. The number of carbonyl (C=O) groups excluding carboxylic acids is 2. The fraction of sp³-hybridized carbons (Fsp3) is 0.360. The highest BCUT2D eigenvalue weighted by Gasteiger charge is 2.28. The van der Waals surface area contributed by atoms with Gasteiger partial charge in [0.1, 0.15) is 23.5 Å². The topological polar surface area (TPSA) is 125 Å². The van der Waals surface area contributed by atoms with Gasteiger partial charge in [-0.15, -0.1) is 0 Å². The Bertz CT molecular complexity index is 1300. The zero-order chi connectivity index (χ0) is 25.2. The number of amides is 1. The highest BCUT2D eigenvalue weighted by atomic mass is 16.6. The van der Waals surface area contributed by atoms with Gasteiger partial charge in [-0.2, -0.15) is 5.10 Å². The number of rotatable bonds is 6. The zero-order valence-corrected chi connectivity index (χ0v) is 19.9. The summed E-state index contributed by atoms with van der Waals surface area (Å²) in [6.45, 7) is 5.23. The molecule has 0 saturated heterocycles. The fourth-order valence-electron chi connectivity index (χ4n) is 3.91. The van der Waals surface area contributed by atoms with Gasteiger partial charge in [-0.1, -0.05) is 18.2 Å². The molecule has 0 fully saturated rings. The van der Waals surface area contributed by atoms with E-state index in [0.717, 1.165) is 5.69 Å². The van der Waals surface area contributed by atoms with E-state index in [0.29, 0.717) is 30.0 Å². The lowest BCUT2D eigenvalue weighted by Crippen LogP contribution is -2.39. The fourth-order valence-corrected chi connectivity index (χ4v) is 3.91. The number of esters is 1. The van der Waals surface area contributed by atoms with Crippen LogP contribution >= 0.6 is 0 Å². The highest BCUT2D eigenvalue weighted by molar-refractivity contribution is 5.98. The van der Waals surface area contributed by atoms with E-state index in [1.807, 2.05) is 30.3 Å². The van der Waals surface area contributed by atoms with Crippen molar-refractivity contribution in [3.63, 3.8) is 0 Å². The Morgan fingerprint density at radius 1 is 1.20 bits per heavy atom. The van der Waals surface area contributed by atoms with Crippen molar-refractivity contribution in [2.24, 2.45) is 0 Å². The third-order valence-corrected chi connectivity index (χ3v) is 5.41. The van der Waals surface area contributed by atoms with Gasteiger partial charge in [0, 0.05) is 23.9 Å². The van der Waals surface area contributed by atoms with Gasteiger partial charge < -0.3 is 24.5 Å². The molecular weight excluding hydrogens is 452 g/mol. The van der Waals surface area contributed by atoms with E-state index in [9.17, 15) is 19.5 Å².